The molecule has 0 heterocycles. The van der Waals surface area contributed by atoms with Crippen molar-refractivity contribution in [2.45, 2.75) is 85.2 Å². The number of urea groups is 1. The fraction of sp³-hybridized carbons (Fsp3) is 0.792. The number of ether oxygens (including phenoxy) is 1. The standard InChI is InChI=1S/C24H37N3O3/c1-14(26-27-22(25)29)19-7-8-20-18-6-5-16-13-17(30-15(2)28)9-11-23(16,3)21(18)10-12-24(19,20)4/h5,17-21H,6-13H2,1-4H3,(H3,25,27,29)/b26-14+/t17-,18-,19+,20-,21+,23-,24+/m0/s1. The van der Waals surface area contributed by atoms with E-state index in [2.05, 4.69) is 30.5 Å². The summed E-state index contributed by atoms with van der Waals surface area (Å²) in [5.74, 6) is 2.37. The van der Waals surface area contributed by atoms with Crippen LogP contribution in [0.4, 0.5) is 4.79 Å². The number of primary amides is 1. The SMILES string of the molecule is CC(=O)O[C@H]1CC[C@@]2(C)C(=CC[C@@H]3[C@H]2CC[C@]2(C)[C@@H](/C(C)=N/NC(N)=O)CC[C@@H]32)C1. The minimum absolute atomic E-state index is 0.0553. The Kier molecular flexibility index (Phi) is 5.48. The normalized spacial score (nSPS) is 43.0. The van der Waals surface area contributed by atoms with E-state index in [0.29, 0.717) is 23.7 Å². The Morgan fingerprint density at radius 1 is 1.13 bits per heavy atom. The van der Waals surface area contributed by atoms with E-state index in [1.807, 2.05) is 6.92 Å². The first kappa shape index (κ1) is 21.4. The van der Waals surface area contributed by atoms with Crippen molar-refractivity contribution in [3.63, 3.8) is 0 Å². The quantitative estimate of drug-likeness (QED) is 0.307. The van der Waals surface area contributed by atoms with Crippen LogP contribution in [-0.2, 0) is 9.53 Å². The summed E-state index contributed by atoms with van der Waals surface area (Å²) in [5, 5.41) is 4.30. The predicted octanol–water partition coefficient (Wildman–Crippen LogP) is 4.54. The molecule has 3 saturated carbocycles. The highest BCUT2D eigenvalue weighted by molar-refractivity contribution is 5.86. The Bertz CT molecular complexity index is 791. The largest absolute Gasteiger partial charge is 0.462 e. The molecule has 0 aromatic rings. The van der Waals surface area contributed by atoms with Gasteiger partial charge in [0.05, 0.1) is 0 Å². The summed E-state index contributed by atoms with van der Waals surface area (Å²) in [6.45, 7) is 8.48. The summed E-state index contributed by atoms with van der Waals surface area (Å²) in [7, 11) is 0. The third-order valence-electron chi connectivity index (χ3n) is 9.24. The third-order valence-corrected chi connectivity index (χ3v) is 9.24. The summed E-state index contributed by atoms with van der Waals surface area (Å²) in [5.41, 5.74) is 10.7. The minimum Gasteiger partial charge on any atom is -0.462 e. The lowest BCUT2D eigenvalue weighted by molar-refractivity contribution is -0.148. The Balaban J connectivity index is 1.54. The van der Waals surface area contributed by atoms with E-state index in [4.69, 9.17) is 10.5 Å². The maximum absolute atomic E-state index is 11.4. The van der Waals surface area contributed by atoms with E-state index in [1.54, 1.807) is 0 Å². The van der Waals surface area contributed by atoms with Crippen molar-refractivity contribution in [2.75, 3.05) is 0 Å². The fourth-order valence-corrected chi connectivity index (χ4v) is 7.87. The van der Waals surface area contributed by atoms with E-state index >= 15 is 0 Å². The highest BCUT2D eigenvalue weighted by Crippen LogP contribution is 2.66. The smallest absolute Gasteiger partial charge is 0.332 e. The number of hydrogen-bond acceptors (Lipinski definition) is 4. The number of carbonyl (C=O) groups excluding carboxylic acids is 2. The molecule has 166 valence electrons. The second kappa shape index (κ2) is 7.69. The summed E-state index contributed by atoms with van der Waals surface area (Å²) in [6.07, 6.45) is 11.5. The van der Waals surface area contributed by atoms with Gasteiger partial charge in [-0.15, -0.1) is 0 Å². The van der Waals surface area contributed by atoms with Crippen LogP contribution in [0.1, 0.15) is 79.1 Å². The van der Waals surface area contributed by atoms with Gasteiger partial charge in [0.15, 0.2) is 0 Å². The first-order valence-corrected chi connectivity index (χ1v) is 11.6. The van der Waals surface area contributed by atoms with Crippen LogP contribution in [0.5, 0.6) is 0 Å². The van der Waals surface area contributed by atoms with Gasteiger partial charge in [-0.3, -0.25) is 4.79 Å². The van der Waals surface area contributed by atoms with Gasteiger partial charge in [0.1, 0.15) is 6.10 Å². The molecule has 4 aliphatic rings. The van der Waals surface area contributed by atoms with E-state index in [-0.39, 0.29) is 22.9 Å². The first-order chi connectivity index (χ1) is 14.1. The molecule has 4 aliphatic carbocycles. The monoisotopic (exact) mass is 415 g/mol. The summed E-state index contributed by atoms with van der Waals surface area (Å²) in [6, 6.07) is -0.597. The van der Waals surface area contributed by atoms with Crippen LogP contribution < -0.4 is 11.2 Å². The van der Waals surface area contributed by atoms with Crippen molar-refractivity contribution in [2.24, 2.45) is 45.3 Å². The molecule has 6 nitrogen and oxygen atoms in total. The van der Waals surface area contributed by atoms with Gasteiger partial charge >= 0.3 is 12.0 Å². The maximum Gasteiger partial charge on any atom is 0.332 e. The molecule has 0 radical (unpaired) electrons. The third kappa shape index (κ3) is 3.46. The van der Waals surface area contributed by atoms with Crippen LogP contribution in [0.15, 0.2) is 16.8 Å². The molecule has 0 spiro atoms. The van der Waals surface area contributed by atoms with Crippen molar-refractivity contribution in [3.8, 4) is 0 Å². The number of nitrogens with zero attached hydrogens (tertiary/aromatic N) is 1. The average Bonchev–Trinajstić information content (AvgIpc) is 3.03. The molecule has 3 N–H and O–H groups in total. The molecule has 6 heteroatoms. The van der Waals surface area contributed by atoms with E-state index < -0.39 is 6.03 Å². The molecule has 0 aromatic carbocycles. The van der Waals surface area contributed by atoms with E-state index in [9.17, 15) is 9.59 Å². The van der Waals surface area contributed by atoms with Gasteiger partial charge < -0.3 is 10.5 Å². The molecule has 0 aromatic heterocycles. The van der Waals surface area contributed by atoms with Gasteiger partial charge in [-0.2, -0.15) is 5.10 Å². The molecule has 0 unspecified atom stereocenters. The molecule has 30 heavy (non-hydrogen) atoms. The van der Waals surface area contributed by atoms with Gasteiger partial charge in [-0.25, -0.2) is 10.2 Å². The number of hydrazone groups is 1. The van der Waals surface area contributed by atoms with E-state index in [1.165, 1.54) is 31.8 Å². The molecule has 3 fully saturated rings. The van der Waals surface area contributed by atoms with Crippen LogP contribution in [-0.4, -0.2) is 23.8 Å². The Morgan fingerprint density at radius 3 is 2.60 bits per heavy atom. The molecular formula is C24H37N3O3. The molecule has 0 bridgehead atoms. The molecular weight excluding hydrogens is 378 g/mol. The number of fused-ring (bicyclic) bond motifs is 5. The molecule has 4 rings (SSSR count). The molecule has 7 atom stereocenters. The Labute approximate surface area is 180 Å². The molecule has 0 aliphatic heterocycles. The lowest BCUT2D eigenvalue weighted by Gasteiger charge is -2.58. The van der Waals surface area contributed by atoms with Crippen LogP contribution >= 0.6 is 0 Å². The van der Waals surface area contributed by atoms with Crippen LogP contribution in [0.3, 0.4) is 0 Å². The number of carbonyl (C=O) groups is 2. The van der Waals surface area contributed by atoms with Crippen molar-refractivity contribution < 1.29 is 14.3 Å². The lowest BCUT2D eigenvalue weighted by Crippen LogP contribution is -2.51. The zero-order chi connectivity index (χ0) is 21.7. The maximum atomic E-state index is 11.4. The zero-order valence-corrected chi connectivity index (χ0v) is 18.9. The van der Waals surface area contributed by atoms with Crippen molar-refractivity contribution in [1.82, 2.24) is 5.43 Å². The summed E-state index contributed by atoms with van der Waals surface area (Å²) >= 11 is 0. The van der Waals surface area contributed by atoms with E-state index in [0.717, 1.165) is 37.8 Å². The van der Waals surface area contributed by atoms with Gasteiger partial charge in [-0.1, -0.05) is 25.5 Å². The second-order valence-electron chi connectivity index (χ2n) is 10.6. The number of esters is 1. The Hall–Kier alpha value is -1.85. The lowest BCUT2D eigenvalue weighted by atomic mass is 9.47. The number of amides is 2. The number of hydrogen-bond donors (Lipinski definition) is 2. The van der Waals surface area contributed by atoms with Crippen molar-refractivity contribution in [1.29, 1.82) is 0 Å². The zero-order valence-electron chi connectivity index (χ0n) is 18.9. The minimum atomic E-state index is -0.597. The van der Waals surface area contributed by atoms with Gasteiger partial charge in [0.25, 0.3) is 0 Å². The van der Waals surface area contributed by atoms with Crippen molar-refractivity contribution >= 4 is 17.7 Å². The topological polar surface area (TPSA) is 93.8 Å². The predicted molar refractivity (Wildman–Crippen MR) is 117 cm³/mol. The number of rotatable bonds is 3. The van der Waals surface area contributed by atoms with Gasteiger partial charge in [0.2, 0.25) is 0 Å². The van der Waals surface area contributed by atoms with Crippen LogP contribution in [0, 0.1) is 34.5 Å². The highest BCUT2D eigenvalue weighted by atomic mass is 16.5. The number of nitrogens with one attached hydrogen (secondary N) is 1. The van der Waals surface area contributed by atoms with Gasteiger partial charge in [0, 0.05) is 25.0 Å². The highest BCUT2D eigenvalue weighted by Gasteiger charge is 2.59. The summed E-state index contributed by atoms with van der Waals surface area (Å²) < 4.78 is 5.56. The van der Waals surface area contributed by atoms with Gasteiger partial charge in [-0.05, 0) is 80.5 Å². The average molecular weight is 416 g/mol. The Morgan fingerprint density at radius 2 is 1.90 bits per heavy atom. The summed E-state index contributed by atoms with van der Waals surface area (Å²) in [4.78, 5) is 22.5. The van der Waals surface area contributed by atoms with Crippen molar-refractivity contribution in [3.05, 3.63) is 11.6 Å². The molecule has 0 saturated heterocycles. The fourth-order valence-electron chi connectivity index (χ4n) is 7.87. The number of nitrogens with two attached hydrogens (primary N) is 1. The molecule has 2 amide bonds. The second-order valence-corrected chi connectivity index (χ2v) is 10.6. The number of allylic oxidation sites excluding steroid dienone is 1. The first-order valence-electron chi connectivity index (χ1n) is 11.6. The van der Waals surface area contributed by atoms with Crippen LogP contribution in [0.2, 0.25) is 0 Å². The van der Waals surface area contributed by atoms with Crippen LogP contribution in [0.25, 0.3) is 0 Å².